The zero-order valence-electron chi connectivity index (χ0n) is 14.7. The second-order valence-corrected chi connectivity index (χ2v) is 7.15. The molecule has 0 aliphatic carbocycles. The Balaban J connectivity index is 0.000000492. The first-order chi connectivity index (χ1) is 12.3. The normalized spacial score (nSPS) is 15.6. The van der Waals surface area contributed by atoms with Gasteiger partial charge in [0.15, 0.2) is 0 Å². The third-order valence-electron chi connectivity index (χ3n) is 3.43. The van der Waals surface area contributed by atoms with Crippen LogP contribution in [0.25, 0.3) is 0 Å². The van der Waals surface area contributed by atoms with Gasteiger partial charge < -0.3 is 21.6 Å². The average molecular weight is 525 g/mol. The van der Waals surface area contributed by atoms with Gasteiger partial charge in [0.1, 0.15) is 12.1 Å². The van der Waals surface area contributed by atoms with Crippen LogP contribution in [0, 0.1) is 0 Å². The van der Waals surface area contributed by atoms with Crippen LogP contribution in [0.2, 0.25) is 0 Å². The Bertz CT molecular complexity index is 853. The number of urea groups is 1. The van der Waals surface area contributed by atoms with Crippen LogP contribution in [0.5, 0.6) is 0 Å². The Morgan fingerprint density at radius 3 is 2.11 bits per heavy atom. The maximum Gasteiger partial charge on any atom is 1.00 e. The minimum atomic E-state index is -1.02. The number of hydrogen-bond acceptors (Lipinski definition) is 5. The van der Waals surface area contributed by atoms with E-state index in [1.54, 1.807) is 30.3 Å². The summed E-state index contributed by atoms with van der Waals surface area (Å²) in [5, 5.41) is 13.3. The second kappa shape index (κ2) is 12.3. The number of aliphatic carboxylic acids is 1. The van der Waals surface area contributed by atoms with Gasteiger partial charge in [0, 0.05) is 8.95 Å². The molecule has 3 amide bonds. The Hall–Kier alpha value is -1.27. The van der Waals surface area contributed by atoms with Crippen molar-refractivity contribution in [2.24, 2.45) is 5.73 Å². The standard InChI is InChI=1S/C9H7BrN2O2.C8H8BrNO2.Na.H2O/c10-6-3-1-2-5(4-6)7-8(13)12-9(14)11-7;9-6-3-1-2-5(4-6)7(10)8(11)12;;/h1-4,7H,(H2,11,12,13,14);1-4,7H,10H2,(H,11,12);;1H2/q;;+1;/p-1. The van der Waals surface area contributed by atoms with Gasteiger partial charge in [-0.25, -0.2) is 4.79 Å². The molecule has 0 saturated carbocycles. The molecule has 1 saturated heterocycles. The topological polar surface area (TPSA) is 152 Å². The van der Waals surface area contributed by atoms with E-state index in [1.165, 1.54) is 0 Å². The van der Waals surface area contributed by atoms with Gasteiger partial charge in [-0.2, -0.15) is 0 Å². The summed E-state index contributed by atoms with van der Waals surface area (Å²) in [5.74, 6) is -1.33. The summed E-state index contributed by atoms with van der Waals surface area (Å²) in [6, 6.07) is 12.3. The van der Waals surface area contributed by atoms with Crippen LogP contribution in [-0.4, -0.2) is 28.5 Å². The zero-order valence-corrected chi connectivity index (χ0v) is 19.9. The fourth-order valence-corrected chi connectivity index (χ4v) is 3.01. The van der Waals surface area contributed by atoms with Crippen LogP contribution in [0.3, 0.4) is 0 Å². The van der Waals surface area contributed by atoms with Crippen molar-refractivity contribution in [1.29, 1.82) is 0 Å². The SMILES string of the molecule is NC(C(=O)O)c1cccc(Br)c1.O=C1NC(=O)C(c2cccc(Br)c2)N1.[Na+].[OH-]. The number of carboxylic acid groups (broad SMARTS) is 1. The molecule has 2 atom stereocenters. The molecule has 1 aliphatic heterocycles. The predicted octanol–water partition coefficient (Wildman–Crippen LogP) is -0.310. The molecule has 2 unspecified atom stereocenters. The zero-order chi connectivity index (χ0) is 19.3. The first kappa shape index (κ1) is 26.7. The van der Waals surface area contributed by atoms with E-state index in [4.69, 9.17) is 10.8 Å². The molecule has 6 N–H and O–H groups in total. The van der Waals surface area contributed by atoms with E-state index in [0.717, 1.165) is 14.5 Å². The van der Waals surface area contributed by atoms with Gasteiger partial charge in [0.05, 0.1) is 0 Å². The number of carbonyl (C=O) groups excluding carboxylic acids is 2. The van der Waals surface area contributed by atoms with Crippen LogP contribution in [0.4, 0.5) is 4.79 Å². The summed E-state index contributed by atoms with van der Waals surface area (Å²) >= 11 is 6.53. The van der Waals surface area contributed by atoms with E-state index in [-0.39, 0.29) is 40.9 Å². The van der Waals surface area contributed by atoms with Crippen LogP contribution in [0.1, 0.15) is 23.2 Å². The molecule has 1 heterocycles. The van der Waals surface area contributed by atoms with Crippen LogP contribution >= 0.6 is 31.9 Å². The van der Waals surface area contributed by atoms with Gasteiger partial charge in [-0.1, -0.05) is 56.1 Å². The van der Waals surface area contributed by atoms with E-state index >= 15 is 0 Å². The van der Waals surface area contributed by atoms with Crippen molar-refractivity contribution in [3.05, 3.63) is 68.6 Å². The van der Waals surface area contributed by atoms with Crippen LogP contribution < -0.4 is 45.9 Å². The Morgan fingerprint density at radius 2 is 1.64 bits per heavy atom. The molecule has 2 aromatic carbocycles. The average Bonchev–Trinajstić information content (AvgIpc) is 2.93. The van der Waals surface area contributed by atoms with Gasteiger partial charge >= 0.3 is 41.6 Å². The third kappa shape index (κ3) is 7.63. The van der Waals surface area contributed by atoms with Crippen LogP contribution in [-0.2, 0) is 9.59 Å². The van der Waals surface area contributed by atoms with Crippen molar-refractivity contribution < 1.29 is 54.5 Å². The van der Waals surface area contributed by atoms with Gasteiger partial charge in [-0.15, -0.1) is 0 Å². The summed E-state index contributed by atoms with van der Waals surface area (Å²) in [7, 11) is 0. The summed E-state index contributed by atoms with van der Waals surface area (Å²) in [6.07, 6.45) is 0. The number of amides is 3. The van der Waals surface area contributed by atoms with E-state index in [2.05, 4.69) is 42.5 Å². The molecule has 144 valence electrons. The molecular formula is C17H16Br2N3NaO5. The maximum absolute atomic E-state index is 11.3. The van der Waals surface area contributed by atoms with Crippen molar-refractivity contribution in [2.75, 3.05) is 0 Å². The number of rotatable bonds is 3. The fourth-order valence-electron chi connectivity index (χ4n) is 2.18. The molecule has 1 fully saturated rings. The van der Waals surface area contributed by atoms with E-state index in [1.807, 2.05) is 18.2 Å². The molecule has 0 radical (unpaired) electrons. The summed E-state index contributed by atoms with van der Waals surface area (Å²) < 4.78 is 1.71. The number of nitrogens with one attached hydrogen (secondary N) is 2. The number of benzene rings is 2. The number of nitrogens with two attached hydrogens (primary N) is 1. The van der Waals surface area contributed by atoms with E-state index in [9.17, 15) is 14.4 Å². The number of imide groups is 1. The molecule has 2 aromatic rings. The van der Waals surface area contributed by atoms with Crippen molar-refractivity contribution >= 4 is 49.8 Å². The molecule has 11 heteroatoms. The Morgan fingerprint density at radius 1 is 1.07 bits per heavy atom. The molecule has 0 spiro atoms. The molecule has 28 heavy (non-hydrogen) atoms. The fraction of sp³-hybridized carbons (Fsp3) is 0.118. The van der Waals surface area contributed by atoms with Crippen molar-refractivity contribution in [1.82, 2.24) is 10.6 Å². The number of hydrogen-bond donors (Lipinski definition) is 4. The summed E-state index contributed by atoms with van der Waals surface area (Å²) in [4.78, 5) is 32.6. The quantitative estimate of drug-likeness (QED) is 0.319. The second-order valence-electron chi connectivity index (χ2n) is 5.32. The van der Waals surface area contributed by atoms with Gasteiger partial charge in [-0.05, 0) is 35.4 Å². The van der Waals surface area contributed by atoms with Crippen molar-refractivity contribution in [2.45, 2.75) is 12.1 Å². The molecule has 1 aliphatic rings. The van der Waals surface area contributed by atoms with Crippen molar-refractivity contribution in [3.8, 4) is 0 Å². The minimum absolute atomic E-state index is 0. The first-order valence-corrected chi connectivity index (χ1v) is 8.97. The van der Waals surface area contributed by atoms with E-state index < -0.39 is 24.1 Å². The molecule has 0 aromatic heterocycles. The summed E-state index contributed by atoms with van der Waals surface area (Å²) in [5.41, 5.74) is 6.75. The minimum Gasteiger partial charge on any atom is -0.870 e. The van der Waals surface area contributed by atoms with Gasteiger partial charge in [0.2, 0.25) is 0 Å². The molecular weight excluding hydrogens is 509 g/mol. The molecule has 3 rings (SSSR count). The molecule has 0 bridgehead atoms. The van der Waals surface area contributed by atoms with Gasteiger partial charge in [-0.3, -0.25) is 14.9 Å². The van der Waals surface area contributed by atoms with E-state index in [0.29, 0.717) is 5.56 Å². The Labute approximate surface area is 200 Å². The first-order valence-electron chi connectivity index (χ1n) is 7.38. The predicted molar refractivity (Wildman–Crippen MR) is 104 cm³/mol. The number of halogens is 2. The monoisotopic (exact) mass is 523 g/mol. The van der Waals surface area contributed by atoms with Gasteiger partial charge in [0.25, 0.3) is 5.91 Å². The smallest absolute Gasteiger partial charge is 0.870 e. The molecule has 8 nitrogen and oxygen atoms in total. The largest absolute Gasteiger partial charge is 1.00 e. The van der Waals surface area contributed by atoms with Crippen molar-refractivity contribution in [3.63, 3.8) is 0 Å². The third-order valence-corrected chi connectivity index (χ3v) is 4.42. The number of carboxylic acids is 1. The Kier molecular flexibility index (Phi) is 11.8. The number of carbonyl (C=O) groups is 3. The maximum atomic E-state index is 11.3. The van der Waals surface area contributed by atoms with Crippen LogP contribution in [0.15, 0.2) is 57.5 Å². The summed E-state index contributed by atoms with van der Waals surface area (Å²) in [6.45, 7) is 0.